The van der Waals surface area contributed by atoms with Gasteiger partial charge in [-0.2, -0.15) is 4.31 Å². The summed E-state index contributed by atoms with van der Waals surface area (Å²) in [4.78, 5) is 13.5. The molecule has 0 radical (unpaired) electrons. The Morgan fingerprint density at radius 2 is 1.43 bits per heavy atom. The molecule has 9 heteroatoms. The lowest BCUT2D eigenvalue weighted by molar-refractivity contribution is 0.383. The molecule has 2 saturated heterocycles. The van der Waals surface area contributed by atoms with Crippen LogP contribution in [0.5, 0.6) is 5.75 Å². The van der Waals surface area contributed by atoms with E-state index in [0.29, 0.717) is 36.8 Å². The second-order valence-corrected chi connectivity index (χ2v) is 8.93. The van der Waals surface area contributed by atoms with Gasteiger partial charge in [-0.1, -0.05) is 0 Å². The number of rotatable bonds is 5. The number of sulfonamides is 1. The van der Waals surface area contributed by atoms with Crippen LogP contribution >= 0.6 is 0 Å². The maximum absolute atomic E-state index is 12.9. The number of nitrogens with zero attached hydrogens (tertiary/aromatic N) is 5. The van der Waals surface area contributed by atoms with Gasteiger partial charge < -0.3 is 14.5 Å². The van der Waals surface area contributed by atoms with Gasteiger partial charge in [0.1, 0.15) is 23.7 Å². The molecule has 2 fully saturated rings. The fourth-order valence-electron chi connectivity index (χ4n) is 3.68. The van der Waals surface area contributed by atoms with Gasteiger partial charge in [0.25, 0.3) is 0 Å². The van der Waals surface area contributed by atoms with Gasteiger partial charge >= 0.3 is 0 Å². The van der Waals surface area contributed by atoms with Crippen LogP contribution in [0.4, 0.5) is 11.6 Å². The highest BCUT2D eigenvalue weighted by atomic mass is 32.2. The normalized spacial score (nSPS) is 18.5. The van der Waals surface area contributed by atoms with Gasteiger partial charge in [-0.05, 0) is 37.1 Å². The van der Waals surface area contributed by atoms with Crippen LogP contribution in [-0.2, 0) is 10.0 Å². The summed E-state index contributed by atoms with van der Waals surface area (Å²) in [6.45, 7) is 4.13. The lowest BCUT2D eigenvalue weighted by Crippen LogP contribution is -2.49. The third kappa shape index (κ3) is 3.77. The van der Waals surface area contributed by atoms with E-state index in [0.717, 1.165) is 24.7 Å². The highest BCUT2D eigenvalue weighted by Crippen LogP contribution is 2.24. The first-order valence-corrected chi connectivity index (χ1v) is 11.0. The van der Waals surface area contributed by atoms with Crippen molar-refractivity contribution in [2.75, 3.05) is 56.2 Å². The second-order valence-electron chi connectivity index (χ2n) is 7.00. The van der Waals surface area contributed by atoms with Crippen LogP contribution in [0.2, 0.25) is 0 Å². The lowest BCUT2D eigenvalue weighted by Gasteiger charge is -2.34. The molecule has 1 aromatic carbocycles. The number of hydrogen-bond acceptors (Lipinski definition) is 7. The summed E-state index contributed by atoms with van der Waals surface area (Å²) in [6.07, 6.45) is 3.99. The van der Waals surface area contributed by atoms with E-state index in [1.165, 1.54) is 17.1 Å². The monoisotopic (exact) mass is 403 g/mol. The predicted molar refractivity (Wildman–Crippen MR) is 107 cm³/mol. The van der Waals surface area contributed by atoms with Crippen molar-refractivity contribution < 1.29 is 13.2 Å². The first-order chi connectivity index (χ1) is 13.6. The van der Waals surface area contributed by atoms with E-state index < -0.39 is 10.0 Å². The molecule has 0 saturated carbocycles. The summed E-state index contributed by atoms with van der Waals surface area (Å²) < 4.78 is 32.4. The summed E-state index contributed by atoms with van der Waals surface area (Å²) in [5.74, 6) is 2.45. The second kappa shape index (κ2) is 7.92. The Labute approximate surface area is 165 Å². The number of hydrogen-bond donors (Lipinski definition) is 0. The standard InChI is InChI=1S/C19H25N5O3S/c1-27-16-4-6-17(7-5-16)28(25,26)24-12-10-23(11-13-24)19-14-18(20-15-21-19)22-8-2-3-9-22/h4-7,14-15H,2-3,8-13H2,1H3. The van der Waals surface area contributed by atoms with Crippen molar-refractivity contribution in [3.05, 3.63) is 36.7 Å². The first kappa shape index (κ1) is 18.9. The zero-order valence-corrected chi connectivity index (χ0v) is 16.8. The van der Waals surface area contributed by atoms with Crippen molar-refractivity contribution in [3.8, 4) is 5.75 Å². The number of aromatic nitrogens is 2. The first-order valence-electron chi connectivity index (χ1n) is 9.54. The Bertz CT molecular complexity index is 905. The van der Waals surface area contributed by atoms with Crippen LogP contribution < -0.4 is 14.5 Å². The van der Waals surface area contributed by atoms with Gasteiger partial charge in [0.05, 0.1) is 12.0 Å². The zero-order chi connectivity index (χ0) is 19.6. The van der Waals surface area contributed by atoms with Gasteiger partial charge in [0.2, 0.25) is 10.0 Å². The molecule has 0 aliphatic carbocycles. The third-order valence-electron chi connectivity index (χ3n) is 5.33. The number of ether oxygens (including phenoxy) is 1. The highest BCUT2D eigenvalue weighted by Gasteiger charge is 2.29. The minimum Gasteiger partial charge on any atom is -0.497 e. The Morgan fingerprint density at radius 1 is 0.857 bits per heavy atom. The SMILES string of the molecule is COc1ccc(S(=O)(=O)N2CCN(c3cc(N4CCCC4)ncn3)CC2)cc1. The zero-order valence-electron chi connectivity index (χ0n) is 16.0. The van der Waals surface area contributed by atoms with Gasteiger partial charge in [-0.3, -0.25) is 0 Å². The maximum Gasteiger partial charge on any atom is 0.243 e. The van der Waals surface area contributed by atoms with Gasteiger partial charge in [0, 0.05) is 45.3 Å². The summed E-state index contributed by atoms with van der Waals surface area (Å²) in [6, 6.07) is 8.54. The van der Waals surface area contributed by atoms with Crippen molar-refractivity contribution >= 4 is 21.7 Å². The molecule has 0 atom stereocenters. The van der Waals surface area contributed by atoms with Gasteiger partial charge in [-0.25, -0.2) is 18.4 Å². The van der Waals surface area contributed by atoms with Crippen LogP contribution in [0, 0.1) is 0 Å². The lowest BCUT2D eigenvalue weighted by atomic mass is 10.3. The van der Waals surface area contributed by atoms with E-state index in [2.05, 4.69) is 19.8 Å². The predicted octanol–water partition coefficient (Wildman–Crippen LogP) is 1.60. The number of benzene rings is 1. The summed E-state index contributed by atoms with van der Waals surface area (Å²) in [5.41, 5.74) is 0. The van der Waals surface area contributed by atoms with E-state index >= 15 is 0 Å². The minimum atomic E-state index is -3.50. The van der Waals surface area contributed by atoms with Crippen molar-refractivity contribution in [1.82, 2.24) is 14.3 Å². The van der Waals surface area contributed by atoms with E-state index in [9.17, 15) is 8.42 Å². The molecule has 0 N–H and O–H groups in total. The topological polar surface area (TPSA) is 78.9 Å². The molecule has 1 aromatic heterocycles. The quantitative estimate of drug-likeness (QED) is 0.750. The molecule has 2 aliphatic heterocycles. The molecule has 0 spiro atoms. The Hall–Kier alpha value is -2.39. The number of piperazine rings is 1. The summed E-state index contributed by atoms with van der Waals surface area (Å²) >= 11 is 0. The number of methoxy groups -OCH3 is 1. The summed E-state index contributed by atoms with van der Waals surface area (Å²) in [5, 5.41) is 0. The van der Waals surface area contributed by atoms with Crippen LogP contribution in [0.3, 0.4) is 0 Å². The average molecular weight is 404 g/mol. The molecule has 0 unspecified atom stereocenters. The van der Waals surface area contributed by atoms with E-state index in [1.54, 1.807) is 37.7 Å². The molecule has 0 bridgehead atoms. The Balaban J connectivity index is 1.43. The average Bonchev–Trinajstić information content (AvgIpc) is 3.29. The van der Waals surface area contributed by atoms with Crippen LogP contribution in [0.1, 0.15) is 12.8 Å². The molecule has 0 amide bonds. The molecule has 28 heavy (non-hydrogen) atoms. The highest BCUT2D eigenvalue weighted by molar-refractivity contribution is 7.89. The van der Waals surface area contributed by atoms with Crippen molar-refractivity contribution in [2.24, 2.45) is 0 Å². The van der Waals surface area contributed by atoms with Gasteiger partial charge in [-0.15, -0.1) is 0 Å². The number of anilines is 2. The van der Waals surface area contributed by atoms with E-state index in [1.807, 2.05) is 6.07 Å². The molecule has 2 aliphatic rings. The largest absolute Gasteiger partial charge is 0.497 e. The minimum absolute atomic E-state index is 0.292. The molecule has 8 nitrogen and oxygen atoms in total. The molecular weight excluding hydrogens is 378 g/mol. The molecule has 150 valence electrons. The van der Waals surface area contributed by atoms with E-state index in [-0.39, 0.29) is 0 Å². The Morgan fingerprint density at radius 3 is 2.00 bits per heavy atom. The summed E-state index contributed by atoms with van der Waals surface area (Å²) in [7, 11) is -1.94. The Kier molecular flexibility index (Phi) is 5.36. The molecule has 4 rings (SSSR count). The van der Waals surface area contributed by atoms with Crippen molar-refractivity contribution in [1.29, 1.82) is 0 Å². The fraction of sp³-hybridized carbons (Fsp3) is 0.474. The van der Waals surface area contributed by atoms with Crippen LogP contribution in [0.15, 0.2) is 41.6 Å². The van der Waals surface area contributed by atoms with Crippen molar-refractivity contribution in [3.63, 3.8) is 0 Å². The van der Waals surface area contributed by atoms with Gasteiger partial charge in [0.15, 0.2) is 0 Å². The third-order valence-corrected chi connectivity index (χ3v) is 7.24. The van der Waals surface area contributed by atoms with Crippen molar-refractivity contribution in [2.45, 2.75) is 17.7 Å². The van der Waals surface area contributed by atoms with E-state index in [4.69, 9.17) is 4.74 Å². The molecule has 3 heterocycles. The molecular formula is C19H25N5O3S. The smallest absolute Gasteiger partial charge is 0.243 e. The van der Waals surface area contributed by atoms with Crippen LogP contribution in [-0.4, -0.2) is 69.1 Å². The maximum atomic E-state index is 12.9. The molecule has 2 aromatic rings. The fourth-order valence-corrected chi connectivity index (χ4v) is 5.11. The van der Waals surface area contributed by atoms with Crippen LogP contribution in [0.25, 0.3) is 0 Å².